The van der Waals surface area contributed by atoms with Crippen LogP contribution in [-0.2, 0) is 4.79 Å². The summed E-state index contributed by atoms with van der Waals surface area (Å²) in [4.78, 5) is 10.9. The van der Waals surface area contributed by atoms with Crippen molar-refractivity contribution in [2.75, 3.05) is 0 Å². The van der Waals surface area contributed by atoms with Crippen molar-refractivity contribution in [1.29, 1.82) is 0 Å². The van der Waals surface area contributed by atoms with Crippen LogP contribution < -0.4 is 0 Å². The Bertz CT molecular complexity index is 337. The van der Waals surface area contributed by atoms with Gasteiger partial charge in [-0.05, 0) is 50.4 Å². The number of hydrogen-bond acceptors (Lipinski definition) is 3. The number of rotatable bonds is 6. The molecular weight excluding hydrogens is 244 g/mol. The minimum Gasteiger partial charge on any atom is -0.478 e. The average molecular weight is 270 g/mol. The van der Waals surface area contributed by atoms with E-state index in [-0.39, 0.29) is 23.0 Å². The number of aliphatic hydroxyl groups is 2. The van der Waals surface area contributed by atoms with Crippen molar-refractivity contribution >= 4 is 5.97 Å². The van der Waals surface area contributed by atoms with Gasteiger partial charge >= 0.3 is 5.97 Å². The molecule has 19 heavy (non-hydrogen) atoms. The summed E-state index contributed by atoms with van der Waals surface area (Å²) in [7, 11) is 0. The Kier molecular flexibility index (Phi) is 5.56. The maximum Gasteiger partial charge on any atom is 0.331 e. The van der Waals surface area contributed by atoms with E-state index < -0.39 is 12.1 Å². The molecule has 3 N–H and O–H groups in total. The van der Waals surface area contributed by atoms with Gasteiger partial charge < -0.3 is 15.3 Å². The molecule has 0 heterocycles. The first-order chi connectivity index (χ1) is 8.76. The van der Waals surface area contributed by atoms with Crippen LogP contribution in [-0.4, -0.2) is 33.5 Å². The lowest BCUT2D eigenvalue weighted by Gasteiger charge is -2.42. The number of hydrogen-bond donors (Lipinski definition) is 3. The lowest BCUT2D eigenvalue weighted by molar-refractivity contribution is -0.133. The van der Waals surface area contributed by atoms with E-state index >= 15 is 0 Å². The van der Waals surface area contributed by atoms with Crippen LogP contribution in [0.2, 0.25) is 0 Å². The van der Waals surface area contributed by atoms with E-state index in [1.807, 2.05) is 0 Å². The molecule has 4 heteroatoms. The summed E-state index contributed by atoms with van der Waals surface area (Å²) in [6, 6.07) is 0. The second kappa shape index (κ2) is 6.53. The molecule has 0 unspecified atom stereocenters. The molecule has 1 rings (SSSR count). The Hall–Kier alpha value is -0.870. The number of carboxylic acid groups (broad SMARTS) is 1. The summed E-state index contributed by atoms with van der Waals surface area (Å²) in [6.45, 7) is 7.43. The highest BCUT2D eigenvalue weighted by molar-refractivity contribution is 5.86. The zero-order valence-corrected chi connectivity index (χ0v) is 11.9. The van der Waals surface area contributed by atoms with Crippen molar-refractivity contribution in [3.8, 4) is 0 Å². The molecule has 0 aromatic heterocycles. The number of carbonyl (C=O) groups is 1. The highest BCUT2D eigenvalue weighted by Crippen LogP contribution is 2.44. The Morgan fingerprint density at radius 1 is 1.53 bits per heavy atom. The van der Waals surface area contributed by atoms with Crippen LogP contribution >= 0.6 is 0 Å². The van der Waals surface area contributed by atoms with E-state index in [2.05, 4.69) is 13.5 Å². The van der Waals surface area contributed by atoms with E-state index in [1.165, 1.54) is 0 Å². The van der Waals surface area contributed by atoms with Crippen LogP contribution in [0.15, 0.2) is 12.2 Å². The molecule has 1 fully saturated rings. The Labute approximate surface area is 115 Å². The minimum atomic E-state index is -0.963. The molecule has 0 spiro atoms. The number of aliphatic carboxylic acids is 1. The third-order valence-electron chi connectivity index (χ3n) is 4.51. The second-order valence-electron chi connectivity index (χ2n) is 6.21. The molecule has 0 aromatic carbocycles. The maximum absolute atomic E-state index is 10.9. The molecule has 110 valence electrons. The minimum absolute atomic E-state index is 0.114. The Balaban J connectivity index is 2.53. The van der Waals surface area contributed by atoms with Gasteiger partial charge in [-0.3, -0.25) is 0 Å². The fraction of sp³-hybridized carbons (Fsp3) is 0.800. The van der Waals surface area contributed by atoms with Gasteiger partial charge in [0.15, 0.2) is 0 Å². The molecule has 0 amide bonds. The zero-order valence-electron chi connectivity index (χ0n) is 11.9. The molecule has 4 atom stereocenters. The summed E-state index contributed by atoms with van der Waals surface area (Å²) in [5.41, 5.74) is 0.0505. The van der Waals surface area contributed by atoms with Gasteiger partial charge in [0.05, 0.1) is 12.2 Å². The first-order valence-electron chi connectivity index (χ1n) is 7.04. The third-order valence-corrected chi connectivity index (χ3v) is 4.51. The van der Waals surface area contributed by atoms with Crippen LogP contribution in [0.3, 0.4) is 0 Å². The van der Waals surface area contributed by atoms with Crippen molar-refractivity contribution in [2.45, 2.75) is 64.6 Å². The molecule has 0 bridgehead atoms. The standard InChI is InChI=1S/C15H26O4/c1-10(16)5-4-7-15(3)8-6-12(9-13(15)17)11(2)14(18)19/h10,12-13,16-17H,2,4-9H2,1,3H3,(H,18,19)/t10-,12+,13-,15+/m0/s1. The van der Waals surface area contributed by atoms with E-state index in [1.54, 1.807) is 6.92 Å². The van der Waals surface area contributed by atoms with E-state index in [9.17, 15) is 15.0 Å². The first-order valence-corrected chi connectivity index (χ1v) is 7.04. The van der Waals surface area contributed by atoms with Gasteiger partial charge in [-0.1, -0.05) is 19.9 Å². The summed E-state index contributed by atoms with van der Waals surface area (Å²) in [6.07, 6.45) is 3.77. The lowest BCUT2D eigenvalue weighted by atomic mass is 9.66. The highest BCUT2D eigenvalue weighted by Gasteiger charge is 2.40. The van der Waals surface area contributed by atoms with Crippen LogP contribution in [0, 0.1) is 11.3 Å². The molecule has 4 nitrogen and oxygen atoms in total. The van der Waals surface area contributed by atoms with Crippen LogP contribution in [0.25, 0.3) is 0 Å². The van der Waals surface area contributed by atoms with Crippen molar-refractivity contribution in [3.63, 3.8) is 0 Å². The molecular formula is C15H26O4. The molecule has 0 aromatic rings. The van der Waals surface area contributed by atoms with Crippen LogP contribution in [0.5, 0.6) is 0 Å². The SMILES string of the molecule is C=C(C(=O)O)[C@@H]1CC[C@@](C)(CCC[C@H](C)O)[C@@H](O)C1. The summed E-state index contributed by atoms with van der Waals surface area (Å²) < 4.78 is 0. The predicted octanol–water partition coefficient (Wildman–Crippen LogP) is 2.35. The van der Waals surface area contributed by atoms with Gasteiger partial charge in [0.25, 0.3) is 0 Å². The smallest absolute Gasteiger partial charge is 0.331 e. The molecule has 0 aliphatic heterocycles. The normalized spacial score (nSPS) is 32.8. The fourth-order valence-electron chi connectivity index (χ4n) is 2.93. The quantitative estimate of drug-likeness (QED) is 0.647. The average Bonchev–Trinajstić information content (AvgIpc) is 2.31. The lowest BCUT2D eigenvalue weighted by Crippen LogP contribution is -2.39. The number of aliphatic hydroxyl groups excluding tert-OH is 2. The maximum atomic E-state index is 10.9. The van der Waals surface area contributed by atoms with Crippen molar-refractivity contribution in [1.82, 2.24) is 0 Å². The van der Waals surface area contributed by atoms with Gasteiger partial charge in [0.1, 0.15) is 0 Å². The predicted molar refractivity (Wildman–Crippen MR) is 73.8 cm³/mol. The molecule has 1 saturated carbocycles. The van der Waals surface area contributed by atoms with Crippen LogP contribution in [0.1, 0.15) is 52.4 Å². The molecule has 0 radical (unpaired) electrons. The first kappa shape index (κ1) is 16.2. The summed E-state index contributed by atoms with van der Waals surface area (Å²) in [5, 5.41) is 28.5. The van der Waals surface area contributed by atoms with Gasteiger partial charge in [-0.2, -0.15) is 0 Å². The number of carboxylic acids is 1. The Morgan fingerprint density at radius 2 is 2.16 bits per heavy atom. The molecule has 1 aliphatic carbocycles. The Morgan fingerprint density at radius 3 is 2.63 bits per heavy atom. The summed E-state index contributed by atoms with van der Waals surface area (Å²) in [5.74, 6) is -1.08. The van der Waals surface area contributed by atoms with Crippen molar-refractivity contribution in [3.05, 3.63) is 12.2 Å². The fourth-order valence-corrected chi connectivity index (χ4v) is 2.93. The van der Waals surface area contributed by atoms with E-state index in [0.29, 0.717) is 6.42 Å². The molecule has 0 saturated heterocycles. The largest absolute Gasteiger partial charge is 0.478 e. The van der Waals surface area contributed by atoms with Crippen molar-refractivity contribution in [2.24, 2.45) is 11.3 Å². The topological polar surface area (TPSA) is 77.8 Å². The zero-order chi connectivity index (χ0) is 14.6. The summed E-state index contributed by atoms with van der Waals surface area (Å²) >= 11 is 0. The third kappa shape index (κ3) is 4.32. The van der Waals surface area contributed by atoms with E-state index in [0.717, 1.165) is 32.1 Å². The highest BCUT2D eigenvalue weighted by atomic mass is 16.4. The van der Waals surface area contributed by atoms with Gasteiger partial charge in [-0.25, -0.2) is 4.79 Å². The second-order valence-corrected chi connectivity index (χ2v) is 6.21. The van der Waals surface area contributed by atoms with Gasteiger partial charge in [-0.15, -0.1) is 0 Å². The monoisotopic (exact) mass is 270 g/mol. The van der Waals surface area contributed by atoms with Crippen LogP contribution in [0.4, 0.5) is 0 Å². The molecule has 1 aliphatic rings. The van der Waals surface area contributed by atoms with Crippen molar-refractivity contribution < 1.29 is 20.1 Å². The van der Waals surface area contributed by atoms with Gasteiger partial charge in [0, 0.05) is 5.57 Å². The van der Waals surface area contributed by atoms with E-state index in [4.69, 9.17) is 5.11 Å². The van der Waals surface area contributed by atoms with Gasteiger partial charge in [0.2, 0.25) is 0 Å².